The molecule has 3 atom stereocenters. The Kier molecular flexibility index (Phi) is 34.6. The summed E-state index contributed by atoms with van der Waals surface area (Å²) in [6.07, 6.45) is 0.214. The number of aliphatic hydroxyl groups excluding tert-OH is 1. The number of carbonyl (C=O) groups excluding carboxylic acids is 8. The Balaban J connectivity index is -0.00000125. The molecular formula is C41H80N8O13. The predicted octanol–water partition coefficient (Wildman–Crippen LogP) is -0.475. The van der Waals surface area contributed by atoms with Gasteiger partial charge in [-0.25, -0.2) is 0 Å². The molecule has 0 aromatic rings. The van der Waals surface area contributed by atoms with Crippen LogP contribution >= 0.6 is 0 Å². The fourth-order valence-electron chi connectivity index (χ4n) is 4.86. The van der Waals surface area contributed by atoms with E-state index in [2.05, 4.69) is 58.0 Å². The Morgan fingerprint density at radius 3 is 1.76 bits per heavy atom. The lowest BCUT2D eigenvalue weighted by Crippen LogP contribution is -2.56. The number of ether oxygens (including phenoxy) is 1. The molecule has 1 saturated heterocycles. The van der Waals surface area contributed by atoms with Crippen molar-refractivity contribution in [1.82, 2.24) is 42.1 Å². The van der Waals surface area contributed by atoms with Crippen LogP contribution in [0.1, 0.15) is 122 Å². The second-order valence-electron chi connectivity index (χ2n) is 16.2. The van der Waals surface area contributed by atoms with E-state index in [-0.39, 0.29) is 62.4 Å². The van der Waals surface area contributed by atoms with Gasteiger partial charge in [0.2, 0.25) is 47.3 Å². The van der Waals surface area contributed by atoms with Crippen molar-refractivity contribution in [2.45, 2.75) is 152 Å². The van der Waals surface area contributed by atoms with Crippen molar-refractivity contribution in [3.05, 3.63) is 0 Å². The third-order valence-electron chi connectivity index (χ3n) is 8.10. The second-order valence-corrected chi connectivity index (χ2v) is 16.2. The molecular weight excluding hydrogens is 812 g/mol. The molecule has 0 aromatic heterocycles. The van der Waals surface area contributed by atoms with E-state index < -0.39 is 83.7 Å². The molecule has 0 aliphatic carbocycles. The van der Waals surface area contributed by atoms with Gasteiger partial charge in [-0.15, -0.1) is 0 Å². The standard InChI is InChI=1S/C32H56N8O10.C4H10.C3H6O2.C2H6.H2O/c1-19(2)38-22(42)14-32(6,7)50-13-11-31(4,5)30(49)37-18-26(46)40-12-9-10-21(40)28(47)35-17-25(45)39-27(20(3)41)29(48)36-16-24(44)34-15-23(43)33-8;1-4(2)3;1-2-3(4)5;1-2;/h19-21,27,41H,9-18H2,1-8H3,(H,33,43)(H,34,44)(H,35,47)(H,36,48)(H,37,49)(H,38,42)(H,39,45);4H,1-3H3;2H2,1H3,(H,4,5);1-2H3;1H2. The average Bonchev–Trinajstić information content (AvgIpc) is 3.66. The van der Waals surface area contributed by atoms with Gasteiger partial charge in [0.1, 0.15) is 12.1 Å². The molecule has 8 amide bonds. The van der Waals surface area contributed by atoms with Crippen LogP contribution in [0.3, 0.4) is 0 Å². The highest BCUT2D eigenvalue weighted by Crippen LogP contribution is 2.24. The van der Waals surface area contributed by atoms with E-state index in [1.807, 2.05) is 27.7 Å². The van der Waals surface area contributed by atoms with Gasteiger partial charge in [-0.3, -0.25) is 43.2 Å². The highest BCUT2D eigenvalue weighted by molar-refractivity contribution is 5.95. The topological polar surface area (TPSA) is 322 Å². The third-order valence-corrected chi connectivity index (χ3v) is 8.10. The molecule has 0 bridgehead atoms. The van der Waals surface area contributed by atoms with Crippen LogP contribution in [0.4, 0.5) is 0 Å². The SMILES string of the molecule is CC.CC(C)C.CCC(=O)O.CNC(=O)CNC(=O)CNC(=O)C(NC(=O)CNC(=O)C1CCCN1C(=O)CNC(=O)C(C)(C)CCOC(C)(C)CC(=O)NC(C)C)C(C)O.O. The van der Waals surface area contributed by atoms with Crippen LogP contribution in [0.2, 0.25) is 0 Å². The molecule has 1 aliphatic rings. The van der Waals surface area contributed by atoms with Crippen LogP contribution in [-0.2, 0) is 47.9 Å². The number of carboxylic acids is 1. The normalized spacial score (nSPS) is 14.0. The Morgan fingerprint density at radius 1 is 0.758 bits per heavy atom. The number of nitrogens with zero attached hydrogens (tertiary/aromatic N) is 1. The van der Waals surface area contributed by atoms with Gasteiger partial charge in [-0.05, 0) is 59.8 Å². The van der Waals surface area contributed by atoms with E-state index in [1.165, 1.54) is 18.9 Å². The van der Waals surface area contributed by atoms with Gasteiger partial charge < -0.3 is 62.5 Å². The van der Waals surface area contributed by atoms with E-state index >= 15 is 0 Å². The Labute approximate surface area is 368 Å². The third kappa shape index (κ3) is 31.0. The first-order valence-electron chi connectivity index (χ1n) is 20.9. The molecule has 1 fully saturated rings. The van der Waals surface area contributed by atoms with Crippen molar-refractivity contribution in [1.29, 1.82) is 0 Å². The molecule has 362 valence electrons. The van der Waals surface area contributed by atoms with Crippen molar-refractivity contribution >= 4 is 53.2 Å². The number of hydrogen-bond donors (Lipinski definition) is 9. The van der Waals surface area contributed by atoms with Gasteiger partial charge in [-0.2, -0.15) is 0 Å². The number of amides is 8. The molecule has 1 aliphatic heterocycles. The first-order chi connectivity index (χ1) is 28.2. The van der Waals surface area contributed by atoms with Crippen molar-refractivity contribution in [2.75, 3.05) is 46.4 Å². The zero-order chi connectivity index (χ0) is 48.1. The van der Waals surface area contributed by atoms with Crippen molar-refractivity contribution in [3.8, 4) is 0 Å². The van der Waals surface area contributed by atoms with Crippen molar-refractivity contribution < 1.29 is 63.6 Å². The molecule has 0 spiro atoms. The Morgan fingerprint density at radius 2 is 1.27 bits per heavy atom. The molecule has 1 heterocycles. The minimum Gasteiger partial charge on any atom is -0.481 e. The molecule has 3 unspecified atom stereocenters. The molecule has 0 saturated carbocycles. The van der Waals surface area contributed by atoms with E-state index in [9.17, 15) is 48.3 Å². The van der Waals surface area contributed by atoms with Crippen LogP contribution in [0.15, 0.2) is 0 Å². The van der Waals surface area contributed by atoms with Gasteiger partial charge in [0.25, 0.3) is 0 Å². The number of likely N-dealkylation sites (tertiary alicyclic amines) is 1. The summed E-state index contributed by atoms with van der Waals surface area (Å²) in [6, 6.07) is -2.32. The number of aliphatic carboxylic acids is 1. The Hall–Kier alpha value is -4.89. The molecule has 62 heavy (non-hydrogen) atoms. The maximum Gasteiger partial charge on any atom is 0.303 e. The molecule has 21 heteroatoms. The summed E-state index contributed by atoms with van der Waals surface area (Å²) in [5.74, 6) is -4.30. The summed E-state index contributed by atoms with van der Waals surface area (Å²) < 4.78 is 5.89. The van der Waals surface area contributed by atoms with Crippen LogP contribution in [-0.4, -0.2) is 150 Å². The summed E-state index contributed by atoms with van der Waals surface area (Å²) in [5.41, 5.74) is -1.64. The number of carboxylic acid groups (broad SMARTS) is 1. The zero-order valence-corrected chi connectivity index (χ0v) is 39.6. The molecule has 0 aromatic carbocycles. The summed E-state index contributed by atoms with van der Waals surface area (Å²) in [5, 5.41) is 34.8. The van der Waals surface area contributed by atoms with Gasteiger partial charge in [0.05, 0.1) is 44.3 Å². The van der Waals surface area contributed by atoms with E-state index in [1.54, 1.807) is 34.6 Å². The van der Waals surface area contributed by atoms with Gasteiger partial charge in [0.15, 0.2) is 0 Å². The summed E-state index contributed by atoms with van der Waals surface area (Å²) >= 11 is 0. The number of aliphatic hydroxyl groups is 1. The maximum atomic E-state index is 13.0. The van der Waals surface area contributed by atoms with Crippen molar-refractivity contribution in [2.24, 2.45) is 11.3 Å². The molecule has 0 radical (unpaired) electrons. The number of carbonyl (C=O) groups is 9. The van der Waals surface area contributed by atoms with Gasteiger partial charge in [0, 0.05) is 38.1 Å². The number of likely N-dealkylation sites (N-methyl/N-ethyl adjacent to an activating group) is 1. The quantitative estimate of drug-likeness (QED) is 0.0706. The largest absolute Gasteiger partial charge is 0.481 e. The predicted molar refractivity (Wildman–Crippen MR) is 234 cm³/mol. The maximum absolute atomic E-state index is 13.0. The minimum absolute atomic E-state index is 0. The first-order valence-corrected chi connectivity index (χ1v) is 20.9. The average molecular weight is 893 g/mol. The molecule has 21 nitrogen and oxygen atoms in total. The highest BCUT2D eigenvalue weighted by atomic mass is 16.5. The monoisotopic (exact) mass is 893 g/mol. The minimum atomic E-state index is -1.45. The molecule has 11 N–H and O–H groups in total. The van der Waals surface area contributed by atoms with Crippen LogP contribution < -0.4 is 37.2 Å². The highest BCUT2D eigenvalue weighted by Gasteiger charge is 2.36. The Bertz CT molecular complexity index is 1400. The van der Waals surface area contributed by atoms with Gasteiger partial charge >= 0.3 is 5.97 Å². The first kappa shape index (κ1) is 63.7. The summed E-state index contributed by atoms with van der Waals surface area (Å²) in [6.45, 7) is 22.9. The van der Waals surface area contributed by atoms with E-state index in [0.29, 0.717) is 19.3 Å². The smallest absolute Gasteiger partial charge is 0.303 e. The zero-order valence-electron chi connectivity index (χ0n) is 39.6. The summed E-state index contributed by atoms with van der Waals surface area (Å²) in [7, 11) is 1.39. The number of rotatable bonds is 21. The fraction of sp³-hybridized carbons (Fsp3) is 0.780. The van der Waals surface area contributed by atoms with Crippen molar-refractivity contribution in [3.63, 3.8) is 0 Å². The van der Waals surface area contributed by atoms with Crippen LogP contribution in [0.5, 0.6) is 0 Å². The lowest BCUT2D eigenvalue weighted by Gasteiger charge is -2.29. The molecule has 1 rings (SSSR count). The fourth-order valence-corrected chi connectivity index (χ4v) is 4.86. The lowest BCUT2D eigenvalue weighted by atomic mass is 9.88. The van der Waals surface area contributed by atoms with E-state index in [4.69, 9.17) is 9.84 Å². The second kappa shape index (κ2) is 33.7. The number of hydrogen-bond acceptors (Lipinski definition) is 11. The van der Waals surface area contributed by atoms with Crippen LogP contribution in [0.25, 0.3) is 0 Å². The van der Waals surface area contributed by atoms with Crippen LogP contribution in [0, 0.1) is 11.3 Å². The lowest BCUT2D eigenvalue weighted by molar-refractivity contribution is -0.140. The number of nitrogens with one attached hydrogen (secondary N) is 7. The summed E-state index contributed by atoms with van der Waals surface area (Å²) in [4.78, 5) is 110. The van der Waals surface area contributed by atoms with Gasteiger partial charge in [-0.1, -0.05) is 55.4 Å². The van der Waals surface area contributed by atoms with E-state index in [0.717, 1.165) is 5.92 Å².